The van der Waals surface area contributed by atoms with Gasteiger partial charge in [0.15, 0.2) is 0 Å². The van der Waals surface area contributed by atoms with E-state index in [4.69, 9.17) is 5.26 Å². The summed E-state index contributed by atoms with van der Waals surface area (Å²) in [7, 11) is -3.20. The molecule has 0 saturated carbocycles. The van der Waals surface area contributed by atoms with Crippen LogP contribution in [0.4, 0.5) is 10.1 Å². The molecular weight excluding hydrogens is 359 g/mol. The summed E-state index contributed by atoms with van der Waals surface area (Å²) in [6.07, 6.45) is 1.00. The number of anilines is 1. The standard InChI is InChI=1S/C17H23FN4O3S/c1-2-26(24,25)22-10-6-13(7-11-22)17(23)21-9-8-20-16-5-3-4-15(18)14(16)12-19/h3-5,13,20H,2,6-11H2,1H3,(H,21,23). The second-order valence-corrected chi connectivity index (χ2v) is 8.32. The van der Waals surface area contributed by atoms with Crippen molar-refractivity contribution in [1.82, 2.24) is 9.62 Å². The lowest BCUT2D eigenvalue weighted by atomic mass is 9.97. The number of hydrogen-bond acceptors (Lipinski definition) is 5. The average molecular weight is 382 g/mol. The van der Waals surface area contributed by atoms with Crippen LogP contribution in [0.25, 0.3) is 0 Å². The molecule has 1 aliphatic rings. The highest BCUT2D eigenvalue weighted by Gasteiger charge is 2.29. The summed E-state index contributed by atoms with van der Waals surface area (Å²) in [4.78, 5) is 12.2. The minimum absolute atomic E-state index is 0.0525. The van der Waals surface area contributed by atoms with Gasteiger partial charge in [-0.2, -0.15) is 5.26 Å². The fourth-order valence-electron chi connectivity index (χ4n) is 2.89. The lowest BCUT2D eigenvalue weighted by molar-refractivity contribution is -0.126. The molecule has 7 nitrogen and oxygen atoms in total. The topological polar surface area (TPSA) is 102 Å². The Balaban J connectivity index is 1.75. The van der Waals surface area contributed by atoms with Crippen LogP contribution in [0.2, 0.25) is 0 Å². The molecule has 2 N–H and O–H groups in total. The van der Waals surface area contributed by atoms with Gasteiger partial charge in [-0.05, 0) is 31.9 Å². The van der Waals surface area contributed by atoms with E-state index in [2.05, 4.69) is 10.6 Å². The van der Waals surface area contributed by atoms with Gasteiger partial charge in [-0.1, -0.05) is 6.07 Å². The van der Waals surface area contributed by atoms with Crippen LogP contribution in [0.5, 0.6) is 0 Å². The van der Waals surface area contributed by atoms with Crippen LogP contribution in [0.15, 0.2) is 18.2 Å². The van der Waals surface area contributed by atoms with Crippen molar-refractivity contribution in [2.24, 2.45) is 5.92 Å². The third kappa shape index (κ3) is 4.93. The predicted molar refractivity (Wildman–Crippen MR) is 96.4 cm³/mol. The van der Waals surface area contributed by atoms with Crippen molar-refractivity contribution in [2.75, 3.05) is 37.2 Å². The number of carbonyl (C=O) groups is 1. The average Bonchev–Trinajstić information content (AvgIpc) is 2.65. The molecule has 1 aliphatic heterocycles. The molecule has 0 atom stereocenters. The SMILES string of the molecule is CCS(=O)(=O)N1CCC(C(=O)NCCNc2cccc(F)c2C#N)CC1. The summed E-state index contributed by atoms with van der Waals surface area (Å²) in [5.74, 6) is -0.835. The molecule has 0 aromatic heterocycles. The van der Waals surface area contributed by atoms with Crippen molar-refractivity contribution in [2.45, 2.75) is 19.8 Å². The number of carbonyl (C=O) groups excluding carboxylic acids is 1. The van der Waals surface area contributed by atoms with Gasteiger partial charge in [0, 0.05) is 32.1 Å². The zero-order valence-electron chi connectivity index (χ0n) is 14.7. The van der Waals surface area contributed by atoms with Crippen molar-refractivity contribution < 1.29 is 17.6 Å². The van der Waals surface area contributed by atoms with E-state index in [1.165, 1.54) is 16.4 Å². The molecule has 1 aromatic rings. The largest absolute Gasteiger partial charge is 0.382 e. The monoisotopic (exact) mass is 382 g/mol. The van der Waals surface area contributed by atoms with Gasteiger partial charge in [0.25, 0.3) is 0 Å². The molecule has 0 spiro atoms. The Morgan fingerprint density at radius 3 is 2.65 bits per heavy atom. The minimum Gasteiger partial charge on any atom is -0.382 e. The molecule has 0 aliphatic carbocycles. The fourth-order valence-corrected chi connectivity index (χ4v) is 4.02. The summed E-state index contributed by atoms with van der Waals surface area (Å²) in [6.45, 7) is 3.01. The smallest absolute Gasteiger partial charge is 0.223 e. The van der Waals surface area contributed by atoms with Gasteiger partial charge in [0.1, 0.15) is 17.4 Å². The van der Waals surface area contributed by atoms with Gasteiger partial charge >= 0.3 is 0 Å². The Morgan fingerprint density at radius 1 is 1.35 bits per heavy atom. The van der Waals surface area contributed by atoms with Crippen molar-refractivity contribution >= 4 is 21.6 Å². The number of rotatable bonds is 7. The number of halogens is 1. The van der Waals surface area contributed by atoms with Crippen LogP contribution in [-0.2, 0) is 14.8 Å². The van der Waals surface area contributed by atoms with E-state index in [9.17, 15) is 17.6 Å². The number of nitrogens with one attached hydrogen (secondary N) is 2. The van der Waals surface area contributed by atoms with Crippen molar-refractivity contribution in [3.05, 3.63) is 29.6 Å². The van der Waals surface area contributed by atoms with Gasteiger partial charge in [0.2, 0.25) is 15.9 Å². The van der Waals surface area contributed by atoms with Crippen LogP contribution < -0.4 is 10.6 Å². The van der Waals surface area contributed by atoms with Gasteiger partial charge in [0.05, 0.1) is 11.4 Å². The normalized spacial score (nSPS) is 16.0. The van der Waals surface area contributed by atoms with E-state index in [1.54, 1.807) is 13.0 Å². The Labute approximate surface area is 153 Å². The fraction of sp³-hybridized carbons (Fsp3) is 0.529. The van der Waals surface area contributed by atoms with E-state index < -0.39 is 15.8 Å². The Hall–Kier alpha value is -2.18. The lowest BCUT2D eigenvalue weighted by Gasteiger charge is -2.30. The molecule has 1 amide bonds. The molecule has 142 valence electrons. The maximum absolute atomic E-state index is 13.5. The third-order valence-electron chi connectivity index (χ3n) is 4.45. The number of nitriles is 1. The highest BCUT2D eigenvalue weighted by molar-refractivity contribution is 7.89. The summed E-state index contributed by atoms with van der Waals surface area (Å²) in [5, 5.41) is 14.7. The summed E-state index contributed by atoms with van der Waals surface area (Å²) in [6, 6.07) is 6.14. The second kappa shape index (κ2) is 8.96. The van der Waals surface area contributed by atoms with Crippen LogP contribution in [-0.4, -0.2) is 50.6 Å². The second-order valence-electron chi connectivity index (χ2n) is 6.07. The zero-order valence-corrected chi connectivity index (χ0v) is 15.5. The number of benzene rings is 1. The van der Waals surface area contributed by atoms with Crippen molar-refractivity contribution in [3.8, 4) is 6.07 Å². The van der Waals surface area contributed by atoms with Crippen molar-refractivity contribution in [1.29, 1.82) is 5.26 Å². The van der Waals surface area contributed by atoms with Gasteiger partial charge < -0.3 is 10.6 Å². The number of sulfonamides is 1. The molecule has 0 bridgehead atoms. The quantitative estimate of drug-likeness (QED) is 0.692. The first-order valence-electron chi connectivity index (χ1n) is 8.57. The van der Waals surface area contributed by atoms with E-state index in [0.717, 1.165) is 0 Å². The highest BCUT2D eigenvalue weighted by Crippen LogP contribution is 2.20. The van der Waals surface area contributed by atoms with Crippen LogP contribution in [0.3, 0.4) is 0 Å². The van der Waals surface area contributed by atoms with Gasteiger partial charge in [-0.3, -0.25) is 4.79 Å². The van der Waals surface area contributed by atoms with Crippen LogP contribution >= 0.6 is 0 Å². The molecule has 0 unspecified atom stereocenters. The maximum Gasteiger partial charge on any atom is 0.223 e. The molecule has 2 rings (SSSR count). The number of piperidine rings is 1. The minimum atomic E-state index is -3.20. The van der Waals surface area contributed by atoms with E-state index in [-0.39, 0.29) is 23.1 Å². The van der Waals surface area contributed by atoms with Crippen LogP contribution in [0, 0.1) is 23.1 Å². The van der Waals surface area contributed by atoms with E-state index in [0.29, 0.717) is 44.7 Å². The molecule has 1 aromatic carbocycles. The molecule has 9 heteroatoms. The first-order chi connectivity index (χ1) is 12.4. The predicted octanol–water partition coefficient (Wildman–Crippen LogP) is 1.29. The van der Waals surface area contributed by atoms with Crippen molar-refractivity contribution in [3.63, 3.8) is 0 Å². The maximum atomic E-state index is 13.5. The number of hydrogen-bond donors (Lipinski definition) is 2. The first kappa shape index (κ1) is 20.1. The number of amides is 1. The Bertz CT molecular complexity index is 784. The van der Waals surface area contributed by atoms with E-state index in [1.807, 2.05) is 6.07 Å². The molecule has 26 heavy (non-hydrogen) atoms. The van der Waals surface area contributed by atoms with Gasteiger partial charge in [-0.15, -0.1) is 0 Å². The zero-order chi connectivity index (χ0) is 19.2. The summed E-state index contributed by atoms with van der Waals surface area (Å²) >= 11 is 0. The Kier molecular flexibility index (Phi) is 6.94. The molecule has 1 fully saturated rings. The van der Waals surface area contributed by atoms with E-state index >= 15 is 0 Å². The number of nitrogens with zero attached hydrogens (tertiary/aromatic N) is 2. The summed E-state index contributed by atoms with van der Waals surface area (Å²) in [5.41, 5.74) is 0.336. The van der Waals surface area contributed by atoms with Crippen LogP contribution in [0.1, 0.15) is 25.3 Å². The molecular formula is C17H23FN4O3S. The Morgan fingerprint density at radius 2 is 2.04 bits per heavy atom. The van der Waals surface area contributed by atoms with Gasteiger partial charge in [-0.25, -0.2) is 17.1 Å². The molecule has 1 saturated heterocycles. The first-order valence-corrected chi connectivity index (χ1v) is 10.2. The molecule has 0 radical (unpaired) electrons. The molecule has 1 heterocycles. The third-order valence-corrected chi connectivity index (χ3v) is 6.33. The summed E-state index contributed by atoms with van der Waals surface area (Å²) < 4.78 is 38.6. The lowest BCUT2D eigenvalue weighted by Crippen LogP contribution is -2.44. The highest BCUT2D eigenvalue weighted by atomic mass is 32.2.